The molecule has 6 rings (SSSR count). The second-order valence-corrected chi connectivity index (χ2v) is 13.3. The number of aliphatic carboxylic acids is 1. The molecule has 0 aliphatic heterocycles. The first-order valence-corrected chi connectivity index (χ1v) is 16.6. The molecule has 1 aliphatic rings. The number of rotatable bonds is 10. The maximum absolute atomic E-state index is 16.3. The lowest BCUT2D eigenvalue weighted by molar-refractivity contribution is -0.130. The van der Waals surface area contributed by atoms with Gasteiger partial charge >= 0.3 is 12.0 Å². The van der Waals surface area contributed by atoms with Crippen LogP contribution in [0.15, 0.2) is 59.8 Å². The Balaban J connectivity index is 1.52. The number of carboxylic acid groups (broad SMARTS) is 1. The standard InChI is InChI=1S/C35H27F3N4O7S/c1-4-18-11-26(37)32(38)28(12-18)49-22-10-19(5-8-30(43)44)9-21(15-22)41-33-29(50(45,46)23-6-7-23)17-39-27-14-20(13-25(36)31(27)33)24-16-40-35(48-3)42-34(24)47-2/h9-17,23H,4,6-7H2,1-3H3,(H,39,41)(H,43,44). The van der Waals surface area contributed by atoms with Gasteiger partial charge < -0.3 is 24.6 Å². The molecule has 1 aliphatic carbocycles. The van der Waals surface area contributed by atoms with E-state index in [2.05, 4.69) is 26.2 Å². The first kappa shape index (κ1) is 34.0. The fourth-order valence-electron chi connectivity index (χ4n) is 5.21. The summed E-state index contributed by atoms with van der Waals surface area (Å²) >= 11 is 0. The summed E-state index contributed by atoms with van der Waals surface area (Å²) in [6, 6.07) is 9.02. The summed E-state index contributed by atoms with van der Waals surface area (Å²) in [5.41, 5.74) is 1.05. The van der Waals surface area contributed by atoms with Crippen LogP contribution < -0.4 is 19.5 Å². The molecular weight excluding hydrogens is 677 g/mol. The number of sulfone groups is 1. The number of nitrogens with one attached hydrogen (secondary N) is 1. The third-order valence-corrected chi connectivity index (χ3v) is 10.0. The molecule has 0 unspecified atom stereocenters. The van der Waals surface area contributed by atoms with Crippen LogP contribution >= 0.6 is 0 Å². The monoisotopic (exact) mass is 704 g/mol. The lowest BCUT2D eigenvalue weighted by atomic mass is 10.0. The van der Waals surface area contributed by atoms with Crippen molar-refractivity contribution in [2.75, 3.05) is 19.5 Å². The van der Waals surface area contributed by atoms with Crippen molar-refractivity contribution in [3.05, 3.63) is 83.4 Å². The number of methoxy groups -OCH3 is 2. The fourth-order valence-corrected chi connectivity index (χ4v) is 6.96. The van der Waals surface area contributed by atoms with Gasteiger partial charge in [0.2, 0.25) is 11.7 Å². The number of anilines is 2. The van der Waals surface area contributed by atoms with Crippen LogP contribution in [0.1, 0.15) is 30.9 Å². The highest BCUT2D eigenvalue weighted by atomic mass is 32.2. The van der Waals surface area contributed by atoms with E-state index in [1.54, 1.807) is 6.92 Å². The summed E-state index contributed by atoms with van der Waals surface area (Å²) in [6.45, 7) is 1.75. The second kappa shape index (κ2) is 13.6. The van der Waals surface area contributed by atoms with Gasteiger partial charge in [-0.3, -0.25) is 4.98 Å². The van der Waals surface area contributed by atoms with E-state index in [9.17, 15) is 22.0 Å². The minimum Gasteiger partial charge on any atom is -0.480 e. The first-order valence-electron chi connectivity index (χ1n) is 15.1. The van der Waals surface area contributed by atoms with Crippen molar-refractivity contribution in [3.63, 3.8) is 0 Å². The number of aromatic nitrogens is 3. The Bertz CT molecular complexity index is 2360. The van der Waals surface area contributed by atoms with Gasteiger partial charge in [0.1, 0.15) is 16.5 Å². The molecule has 0 spiro atoms. The van der Waals surface area contributed by atoms with Crippen LogP contribution in [0, 0.1) is 29.3 Å². The molecule has 5 aromatic rings. The van der Waals surface area contributed by atoms with E-state index in [1.807, 2.05) is 5.92 Å². The predicted molar refractivity (Wildman–Crippen MR) is 176 cm³/mol. The lowest BCUT2D eigenvalue weighted by Gasteiger charge is -2.18. The summed E-state index contributed by atoms with van der Waals surface area (Å²) in [7, 11) is -1.24. The molecule has 2 heterocycles. The number of aryl methyl sites for hydroxylation is 1. The zero-order chi connectivity index (χ0) is 35.7. The lowest BCUT2D eigenvalue weighted by Crippen LogP contribution is -2.11. The molecule has 15 heteroatoms. The van der Waals surface area contributed by atoms with E-state index in [-0.39, 0.29) is 55.9 Å². The maximum atomic E-state index is 16.3. The van der Waals surface area contributed by atoms with Gasteiger partial charge in [0.15, 0.2) is 21.4 Å². The first-order chi connectivity index (χ1) is 23.9. The van der Waals surface area contributed by atoms with Gasteiger partial charge in [0.05, 0.1) is 41.6 Å². The summed E-state index contributed by atoms with van der Waals surface area (Å²) in [5.74, 6) is -0.730. The fraction of sp³-hybridized carbons (Fsp3) is 0.200. The van der Waals surface area contributed by atoms with Crippen molar-refractivity contribution in [1.29, 1.82) is 0 Å². The van der Waals surface area contributed by atoms with Crippen molar-refractivity contribution in [2.24, 2.45) is 0 Å². The van der Waals surface area contributed by atoms with Gasteiger partial charge in [-0.2, -0.15) is 9.37 Å². The van der Waals surface area contributed by atoms with Gasteiger partial charge in [0.25, 0.3) is 0 Å². The van der Waals surface area contributed by atoms with Crippen LogP contribution in [0.25, 0.3) is 22.0 Å². The molecule has 0 atom stereocenters. The number of carbonyl (C=O) groups is 1. The molecule has 0 bridgehead atoms. The number of fused-ring (bicyclic) bond motifs is 1. The number of benzene rings is 3. The molecule has 3 aromatic carbocycles. The Morgan fingerprint density at radius 1 is 1.00 bits per heavy atom. The smallest absolute Gasteiger partial charge is 0.382 e. The minimum absolute atomic E-state index is 0.0240. The van der Waals surface area contributed by atoms with Crippen molar-refractivity contribution < 1.29 is 45.7 Å². The molecule has 50 heavy (non-hydrogen) atoms. The van der Waals surface area contributed by atoms with Gasteiger partial charge in [-0.25, -0.2) is 27.0 Å². The number of hydrogen-bond donors (Lipinski definition) is 2. The van der Waals surface area contributed by atoms with E-state index in [4.69, 9.17) is 19.3 Å². The van der Waals surface area contributed by atoms with Crippen LogP contribution in [-0.4, -0.2) is 53.9 Å². The molecule has 0 radical (unpaired) electrons. The topological polar surface area (TPSA) is 150 Å². The highest BCUT2D eigenvalue weighted by molar-refractivity contribution is 7.92. The number of carboxylic acids is 1. The Hall–Kier alpha value is -5.88. The molecule has 0 saturated heterocycles. The molecule has 11 nitrogen and oxygen atoms in total. The van der Waals surface area contributed by atoms with E-state index in [0.29, 0.717) is 30.4 Å². The molecule has 2 aromatic heterocycles. The summed E-state index contributed by atoms with van der Waals surface area (Å²) < 4.78 is 88.8. The average Bonchev–Trinajstić information content (AvgIpc) is 3.95. The Morgan fingerprint density at radius 2 is 1.78 bits per heavy atom. The van der Waals surface area contributed by atoms with Crippen LogP contribution in [0.5, 0.6) is 23.4 Å². The predicted octanol–water partition coefficient (Wildman–Crippen LogP) is 6.60. The largest absolute Gasteiger partial charge is 0.480 e. The molecule has 256 valence electrons. The molecule has 2 N–H and O–H groups in total. The van der Waals surface area contributed by atoms with Crippen molar-refractivity contribution in [2.45, 2.75) is 36.3 Å². The van der Waals surface area contributed by atoms with E-state index < -0.39 is 44.3 Å². The molecule has 0 amide bonds. The average molecular weight is 705 g/mol. The van der Waals surface area contributed by atoms with Crippen molar-refractivity contribution in [3.8, 4) is 46.4 Å². The van der Waals surface area contributed by atoms with Gasteiger partial charge in [0, 0.05) is 35.6 Å². The Labute approximate surface area is 284 Å². The van der Waals surface area contributed by atoms with Crippen LogP contribution in [-0.2, 0) is 21.1 Å². The van der Waals surface area contributed by atoms with E-state index in [0.717, 1.165) is 18.3 Å². The van der Waals surface area contributed by atoms with Crippen LogP contribution in [0.2, 0.25) is 0 Å². The Morgan fingerprint density at radius 3 is 2.46 bits per heavy atom. The highest BCUT2D eigenvalue weighted by Crippen LogP contribution is 2.43. The molecular formula is C35H27F3N4O7S. The number of halogens is 3. The van der Waals surface area contributed by atoms with Crippen molar-refractivity contribution in [1.82, 2.24) is 15.0 Å². The van der Waals surface area contributed by atoms with Gasteiger partial charge in [-0.15, -0.1) is 0 Å². The third-order valence-electron chi connectivity index (χ3n) is 7.76. The van der Waals surface area contributed by atoms with E-state index in [1.165, 1.54) is 50.7 Å². The van der Waals surface area contributed by atoms with E-state index >= 15 is 4.39 Å². The highest BCUT2D eigenvalue weighted by Gasteiger charge is 2.39. The van der Waals surface area contributed by atoms with Crippen LogP contribution in [0.3, 0.4) is 0 Å². The summed E-state index contributed by atoms with van der Waals surface area (Å²) in [4.78, 5) is 23.5. The third kappa shape index (κ3) is 6.83. The number of pyridine rings is 1. The number of hydrogen-bond acceptors (Lipinski definition) is 10. The normalized spacial score (nSPS) is 12.6. The number of nitrogens with zero attached hydrogens (tertiary/aromatic N) is 3. The quantitative estimate of drug-likeness (QED) is 0.152. The van der Waals surface area contributed by atoms with Crippen molar-refractivity contribution >= 4 is 38.1 Å². The minimum atomic E-state index is -3.99. The summed E-state index contributed by atoms with van der Waals surface area (Å²) in [5, 5.41) is 11.2. The maximum Gasteiger partial charge on any atom is 0.382 e. The summed E-state index contributed by atoms with van der Waals surface area (Å²) in [6.07, 6.45) is 3.71. The molecule has 1 saturated carbocycles. The van der Waals surface area contributed by atoms with Gasteiger partial charge in [-0.05, 0) is 66.8 Å². The zero-order valence-electron chi connectivity index (χ0n) is 26.7. The second-order valence-electron chi connectivity index (χ2n) is 11.1. The van der Waals surface area contributed by atoms with Gasteiger partial charge in [-0.1, -0.05) is 12.8 Å². The Kier molecular flexibility index (Phi) is 9.22. The number of ether oxygens (including phenoxy) is 3. The zero-order valence-corrected chi connectivity index (χ0v) is 27.5. The SMILES string of the molecule is CCc1cc(F)c(F)c(Oc2cc(C#CC(=O)O)cc(Nc3c(S(=O)(=O)C4CC4)cnc4cc(-c5cnc(OC)nc5OC)cc(F)c34)c2)c1. The molecule has 1 fully saturated rings. The van der Waals surface area contributed by atoms with Crippen LogP contribution in [0.4, 0.5) is 24.5 Å².